The van der Waals surface area contributed by atoms with Crippen molar-refractivity contribution >= 4 is 17.7 Å². The van der Waals surface area contributed by atoms with Gasteiger partial charge in [0.2, 0.25) is 5.91 Å². The van der Waals surface area contributed by atoms with Crippen LogP contribution in [0.4, 0.5) is 0 Å². The quantitative estimate of drug-likeness (QED) is 0.907. The number of nitrogens with one attached hydrogen (secondary N) is 1. The Labute approximate surface area is 152 Å². The Bertz CT molecular complexity index is 714. The van der Waals surface area contributed by atoms with Gasteiger partial charge in [-0.1, -0.05) is 30.3 Å². The van der Waals surface area contributed by atoms with Gasteiger partial charge in [0.05, 0.1) is 5.88 Å². The number of nitrogens with zero attached hydrogens (tertiary/aromatic N) is 1. The molecule has 5 heteroatoms. The van der Waals surface area contributed by atoms with E-state index in [4.69, 9.17) is 4.74 Å². The van der Waals surface area contributed by atoms with Crippen LogP contribution in [0.1, 0.15) is 23.7 Å². The Morgan fingerprint density at radius 1 is 1.04 bits per heavy atom. The Kier molecular flexibility index (Phi) is 4.95. The first-order valence-electron chi connectivity index (χ1n) is 8.77. The largest absolute Gasteiger partial charge is 0.457 e. The molecule has 0 radical (unpaired) electrons. The molecule has 0 aliphatic carbocycles. The number of amides is 1. The smallest absolute Gasteiger partial charge is 0.241 e. The van der Waals surface area contributed by atoms with Crippen LogP contribution in [0.3, 0.4) is 0 Å². The lowest BCUT2D eigenvalue weighted by Gasteiger charge is -2.31. The van der Waals surface area contributed by atoms with Gasteiger partial charge in [-0.2, -0.15) is 0 Å². The number of rotatable bonds is 4. The van der Waals surface area contributed by atoms with E-state index in [1.165, 1.54) is 0 Å². The standard InChI is InChI=1S/C20H22N2O2S/c23-20-19(25-14-22(20)16-5-4-12-21-13-16)15-8-10-18(11-9-15)24-17-6-2-1-3-7-17/h1-3,6-11,16,19,21H,4-5,12-14H2/t16?,19-/m1/s1. The Morgan fingerprint density at radius 2 is 1.80 bits per heavy atom. The average Bonchev–Trinajstić information content (AvgIpc) is 3.05. The van der Waals surface area contributed by atoms with Crippen molar-refractivity contribution in [2.45, 2.75) is 24.1 Å². The van der Waals surface area contributed by atoms with Gasteiger partial charge < -0.3 is 15.0 Å². The van der Waals surface area contributed by atoms with E-state index in [0.717, 1.165) is 48.9 Å². The molecule has 1 unspecified atom stereocenters. The highest BCUT2D eigenvalue weighted by Crippen LogP contribution is 2.39. The van der Waals surface area contributed by atoms with Gasteiger partial charge in [0.15, 0.2) is 0 Å². The van der Waals surface area contributed by atoms with E-state index < -0.39 is 0 Å². The summed E-state index contributed by atoms with van der Waals surface area (Å²) in [4.78, 5) is 14.9. The summed E-state index contributed by atoms with van der Waals surface area (Å²) in [5.41, 5.74) is 1.06. The number of carbonyl (C=O) groups excluding carboxylic acids is 1. The number of piperidine rings is 1. The number of para-hydroxylation sites is 1. The Balaban J connectivity index is 1.42. The first-order chi connectivity index (χ1) is 12.3. The number of carbonyl (C=O) groups is 1. The molecule has 4 nitrogen and oxygen atoms in total. The van der Waals surface area contributed by atoms with Crippen LogP contribution in [0.15, 0.2) is 54.6 Å². The molecular formula is C20H22N2O2S. The molecule has 2 fully saturated rings. The molecule has 0 bridgehead atoms. The van der Waals surface area contributed by atoms with Gasteiger partial charge in [-0.3, -0.25) is 4.79 Å². The van der Waals surface area contributed by atoms with Crippen molar-refractivity contribution in [3.8, 4) is 11.5 Å². The molecule has 130 valence electrons. The van der Waals surface area contributed by atoms with E-state index in [9.17, 15) is 4.79 Å². The monoisotopic (exact) mass is 354 g/mol. The lowest BCUT2D eigenvalue weighted by Crippen LogP contribution is -2.46. The molecule has 0 aromatic heterocycles. The van der Waals surface area contributed by atoms with Crippen LogP contribution in [0.5, 0.6) is 11.5 Å². The lowest BCUT2D eigenvalue weighted by molar-refractivity contribution is -0.131. The summed E-state index contributed by atoms with van der Waals surface area (Å²) in [6.07, 6.45) is 2.26. The van der Waals surface area contributed by atoms with Crippen molar-refractivity contribution in [1.29, 1.82) is 0 Å². The number of benzene rings is 2. The second-order valence-corrected chi connectivity index (χ2v) is 7.53. The SMILES string of the molecule is O=C1[C@@H](c2ccc(Oc3ccccc3)cc2)SCN1C1CCCNC1. The van der Waals surface area contributed by atoms with E-state index >= 15 is 0 Å². The van der Waals surface area contributed by atoms with E-state index in [-0.39, 0.29) is 11.2 Å². The molecule has 2 atom stereocenters. The highest BCUT2D eigenvalue weighted by Gasteiger charge is 2.37. The summed E-state index contributed by atoms with van der Waals surface area (Å²) in [5.74, 6) is 2.64. The van der Waals surface area contributed by atoms with Gasteiger partial charge in [0.1, 0.15) is 16.7 Å². The van der Waals surface area contributed by atoms with Crippen LogP contribution in [0.2, 0.25) is 0 Å². The molecule has 2 aliphatic rings. The van der Waals surface area contributed by atoms with Crippen molar-refractivity contribution in [3.63, 3.8) is 0 Å². The normalized spacial score (nSPS) is 23.7. The number of thioether (sulfide) groups is 1. The van der Waals surface area contributed by atoms with Crippen LogP contribution in [0, 0.1) is 0 Å². The topological polar surface area (TPSA) is 41.6 Å². The maximum Gasteiger partial charge on any atom is 0.241 e. The molecule has 0 saturated carbocycles. The molecule has 4 rings (SSSR count). The van der Waals surface area contributed by atoms with Crippen LogP contribution in [-0.4, -0.2) is 35.8 Å². The van der Waals surface area contributed by atoms with E-state index in [2.05, 4.69) is 10.2 Å². The zero-order valence-electron chi connectivity index (χ0n) is 14.1. The van der Waals surface area contributed by atoms with Gasteiger partial charge in [-0.25, -0.2) is 0 Å². The number of hydrogen-bond acceptors (Lipinski definition) is 4. The van der Waals surface area contributed by atoms with Crippen molar-refractivity contribution in [3.05, 3.63) is 60.2 Å². The van der Waals surface area contributed by atoms with E-state index in [1.807, 2.05) is 54.6 Å². The van der Waals surface area contributed by atoms with Crippen molar-refractivity contribution < 1.29 is 9.53 Å². The maximum atomic E-state index is 12.8. The molecule has 2 aromatic rings. The predicted molar refractivity (Wildman–Crippen MR) is 101 cm³/mol. The summed E-state index contributed by atoms with van der Waals surface area (Å²) in [6.45, 7) is 1.99. The average molecular weight is 354 g/mol. The summed E-state index contributed by atoms with van der Waals surface area (Å²) in [6, 6.07) is 18.0. The maximum absolute atomic E-state index is 12.8. The second-order valence-electron chi connectivity index (χ2n) is 6.47. The fourth-order valence-corrected chi connectivity index (χ4v) is 4.67. The molecule has 2 saturated heterocycles. The minimum absolute atomic E-state index is 0.0901. The third-order valence-electron chi connectivity index (χ3n) is 4.76. The van der Waals surface area contributed by atoms with Crippen molar-refractivity contribution in [1.82, 2.24) is 10.2 Å². The van der Waals surface area contributed by atoms with Crippen LogP contribution < -0.4 is 10.1 Å². The third kappa shape index (κ3) is 3.67. The molecule has 2 heterocycles. The second kappa shape index (κ2) is 7.50. The van der Waals surface area contributed by atoms with Gasteiger partial charge in [-0.15, -0.1) is 11.8 Å². The first kappa shape index (κ1) is 16.5. The van der Waals surface area contributed by atoms with Crippen LogP contribution >= 0.6 is 11.8 Å². The van der Waals surface area contributed by atoms with Crippen LogP contribution in [-0.2, 0) is 4.79 Å². The van der Waals surface area contributed by atoms with Gasteiger partial charge in [-0.05, 0) is 49.2 Å². The molecule has 0 spiro atoms. The summed E-state index contributed by atoms with van der Waals surface area (Å²) >= 11 is 1.72. The van der Waals surface area contributed by atoms with Gasteiger partial charge in [0, 0.05) is 12.6 Å². The molecular weight excluding hydrogens is 332 g/mol. The summed E-state index contributed by atoms with van der Waals surface area (Å²) in [7, 11) is 0. The highest BCUT2D eigenvalue weighted by atomic mass is 32.2. The van der Waals surface area contributed by atoms with Crippen molar-refractivity contribution in [2.24, 2.45) is 0 Å². The predicted octanol–water partition coefficient (Wildman–Crippen LogP) is 3.80. The lowest BCUT2D eigenvalue weighted by atomic mass is 10.0. The fraction of sp³-hybridized carbons (Fsp3) is 0.350. The van der Waals surface area contributed by atoms with Gasteiger partial charge in [0.25, 0.3) is 0 Å². The number of ether oxygens (including phenoxy) is 1. The van der Waals surface area contributed by atoms with Crippen molar-refractivity contribution in [2.75, 3.05) is 19.0 Å². The number of hydrogen-bond donors (Lipinski definition) is 1. The van der Waals surface area contributed by atoms with Gasteiger partial charge >= 0.3 is 0 Å². The Hall–Kier alpha value is -1.98. The molecule has 1 N–H and O–H groups in total. The Morgan fingerprint density at radius 3 is 2.52 bits per heavy atom. The van der Waals surface area contributed by atoms with Crippen LogP contribution in [0.25, 0.3) is 0 Å². The van der Waals surface area contributed by atoms with E-state index in [1.54, 1.807) is 11.8 Å². The highest BCUT2D eigenvalue weighted by molar-refractivity contribution is 8.00. The molecule has 25 heavy (non-hydrogen) atoms. The third-order valence-corrected chi connectivity index (χ3v) is 6.00. The minimum Gasteiger partial charge on any atom is -0.457 e. The zero-order valence-corrected chi connectivity index (χ0v) is 14.9. The first-order valence-corrected chi connectivity index (χ1v) is 9.82. The minimum atomic E-state index is -0.0901. The zero-order chi connectivity index (χ0) is 17.1. The summed E-state index contributed by atoms with van der Waals surface area (Å²) < 4.78 is 5.83. The fourth-order valence-electron chi connectivity index (χ4n) is 3.40. The summed E-state index contributed by atoms with van der Waals surface area (Å²) in [5, 5.41) is 3.31. The molecule has 2 aromatic carbocycles. The van der Waals surface area contributed by atoms with E-state index in [0.29, 0.717) is 6.04 Å². The molecule has 1 amide bonds. The molecule has 2 aliphatic heterocycles.